The molecule has 4 nitrogen and oxygen atoms in total. The van der Waals surface area contributed by atoms with Crippen molar-refractivity contribution in [2.24, 2.45) is 0 Å². The van der Waals surface area contributed by atoms with Crippen LogP contribution in [-0.4, -0.2) is 23.8 Å². The van der Waals surface area contributed by atoms with Crippen molar-refractivity contribution in [2.75, 3.05) is 7.11 Å². The smallest absolute Gasteiger partial charge is 0.198 e. The van der Waals surface area contributed by atoms with Crippen LogP contribution in [0.15, 0.2) is 36.4 Å². The first-order valence-electron chi connectivity index (χ1n) is 5.73. The molecule has 0 aromatic heterocycles. The minimum Gasteiger partial charge on any atom is -0.507 e. The standard InChI is InChI=1S/C15H10O4/c1-19-8-6-11-13(12(16)7-8)15(18)10-5-3-2-4-9(10)14(11)17/h2-7,16H,1H3. The molecule has 0 unspecified atom stereocenters. The zero-order valence-electron chi connectivity index (χ0n) is 10.1. The highest BCUT2D eigenvalue weighted by Gasteiger charge is 2.32. The van der Waals surface area contributed by atoms with Gasteiger partial charge in [-0.05, 0) is 6.07 Å². The van der Waals surface area contributed by atoms with Crippen LogP contribution in [0, 0.1) is 0 Å². The maximum absolute atomic E-state index is 12.4. The van der Waals surface area contributed by atoms with Gasteiger partial charge < -0.3 is 9.84 Å². The second-order valence-electron chi connectivity index (χ2n) is 4.27. The Hall–Kier alpha value is -2.62. The highest BCUT2D eigenvalue weighted by atomic mass is 16.5. The number of hydrogen-bond acceptors (Lipinski definition) is 4. The monoisotopic (exact) mass is 254 g/mol. The normalized spacial score (nSPS) is 12.9. The number of phenols is 1. The van der Waals surface area contributed by atoms with Crippen LogP contribution in [0.1, 0.15) is 31.8 Å². The lowest BCUT2D eigenvalue weighted by Gasteiger charge is -2.18. The summed E-state index contributed by atoms with van der Waals surface area (Å²) in [6.07, 6.45) is 0. The van der Waals surface area contributed by atoms with E-state index in [2.05, 4.69) is 0 Å². The first kappa shape index (κ1) is 11.5. The van der Waals surface area contributed by atoms with Gasteiger partial charge in [-0.2, -0.15) is 0 Å². The van der Waals surface area contributed by atoms with Crippen LogP contribution < -0.4 is 4.74 Å². The molecule has 94 valence electrons. The number of ether oxygens (including phenoxy) is 1. The van der Waals surface area contributed by atoms with Gasteiger partial charge in [0.25, 0.3) is 0 Å². The van der Waals surface area contributed by atoms with E-state index in [0.717, 1.165) is 0 Å². The lowest BCUT2D eigenvalue weighted by molar-refractivity contribution is 0.0976. The van der Waals surface area contributed by atoms with Crippen molar-refractivity contribution in [3.05, 3.63) is 58.7 Å². The van der Waals surface area contributed by atoms with Gasteiger partial charge in [-0.15, -0.1) is 0 Å². The third-order valence-corrected chi connectivity index (χ3v) is 3.21. The quantitative estimate of drug-likeness (QED) is 0.723. The van der Waals surface area contributed by atoms with E-state index in [0.29, 0.717) is 16.9 Å². The summed E-state index contributed by atoms with van der Waals surface area (Å²) in [4.78, 5) is 24.7. The van der Waals surface area contributed by atoms with Crippen molar-refractivity contribution in [2.45, 2.75) is 0 Å². The first-order valence-corrected chi connectivity index (χ1v) is 5.73. The molecule has 1 aliphatic carbocycles. The van der Waals surface area contributed by atoms with Crippen molar-refractivity contribution in [3.8, 4) is 11.5 Å². The highest BCUT2D eigenvalue weighted by Crippen LogP contribution is 2.35. The molecule has 0 aliphatic heterocycles. The first-order chi connectivity index (χ1) is 9.13. The van der Waals surface area contributed by atoms with Crippen LogP contribution in [0.5, 0.6) is 11.5 Å². The Balaban J connectivity index is 2.33. The molecular formula is C15H10O4. The Morgan fingerprint density at radius 1 is 0.947 bits per heavy atom. The molecule has 0 saturated carbocycles. The predicted molar refractivity (Wildman–Crippen MR) is 68.0 cm³/mol. The van der Waals surface area contributed by atoms with Crippen LogP contribution in [-0.2, 0) is 0 Å². The molecule has 0 amide bonds. The zero-order chi connectivity index (χ0) is 13.6. The Kier molecular flexibility index (Phi) is 2.38. The number of carbonyl (C=O) groups is 2. The Morgan fingerprint density at radius 2 is 1.58 bits per heavy atom. The van der Waals surface area contributed by atoms with Crippen molar-refractivity contribution in [3.63, 3.8) is 0 Å². The summed E-state index contributed by atoms with van der Waals surface area (Å²) in [5, 5.41) is 9.93. The van der Waals surface area contributed by atoms with Gasteiger partial charge in [0, 0.05) is 22.8 Å². The summed E-state index contributed by atoms with van der Waals surface area (Å²) in [6, 6.07) is 9.39. The number of carbonyl (C=O) groups excluding carboxylic acids is 2. The average Bonchev–Trinajstić information content (AvgIpc) is 2.44. The molecule has 0 radical (unpaired) electrons. The van der Waals surface area contributed by atoms with Gasteiger partial charge >= 0.3 is 0 Å². The van der Waals surface area contributed by atoms with E-state index in [1.165, 1.54) is 19.2 Å². The van der Waals surface area contributed by atoms with Gasteiger partial charge in [-0.1, -0.05) is 24.3 Å². The molecule has 3 rings (SSSR count). The van der Waals surface area contributed by atoms with E-state index in [-0.39, 0.29) is 28.4 Å². The molecule has 0 atom stereocenters. The molecule has 0 saturated heterocycles. The summed E-state index contributed by atoms with van der Waals surface area (Å²) >= 11 is 0. The van der Waals surface area contributed by atoms with Gasteiger partial charge in [0.1, 0.15) is 11.5 Å². The summed E-state index contributed by atoms with van der Waals surface area (Å²) in [5.41, 5.74) is 0.901. The SMILES string of the molecule is COc1cc(O)c2c(c1)C(=O)c1ccccc1C2=O. The Labute approximate surface area is 109 Å². The van der Waals surface area contributed by atoms with E-state index in [1.54, 1.807) is 24.3 Å². The zero-order valence-corrected chi connectivity index (χ0v) is 10.1. The molecule has 2 aromatic rings. The van der Waals surface area contributed by atoms with Crippen LogP contribution >= 0.6 is 0 Å². The predicted octanol–water partition coefficient (Wildman–Crippen LogP) is 2.18. The highest BCUT2D eigenvalue weighted by molar-refractivity contribution is 6.29. The van der Waals surface area contributed by atoms with Crippen molar-refractivity contribution in [1.29, 1.82) is 0 Å². The van der Waals surface area contributed by atoms with E-state index >= 15 is 0 Å². The van der Waals surface area contributed by atoms with Gasteiger partial charge in [-0.3, -0.25) is 9.59 Å². The minimum atomic E-state index is -0.342. The third kappa shape index (κ3) is 1.53. The average molecular weight is 254 g/mol. The van der Waals surface area contributed by atoms with E-state index in [4.69, 9.17) is 4.74 Å². The van der Waals surface area contributed by atoms with Crippen molar-refractivity contribution < 1.29 is 19.4 Å². The van der Waals surface area contributed by atoms with Crippen molar-refractivity contribution in [1.82, 2.24) is 0 Å². The van der Waals surface area contributed by atoms with Gasteiger partial charge in [0.05, 0.1) is 12.7 Å². The summed E-state index contributed by atoms with van der Waals surface area (Å²) in [5.74, 6) is -0.510. The maximum Gasteiger partial charge on any atom is 0.198 e. The van der Waals surface area contributed by atoms with Crippen molar-refractivity contribution >= 4 is 11.6 Å². The van der Waals surface area contributed by atoms with Crippen LogP contribution in [0.4, 0.5) is 0 Å². The van der Waals surface area contributed by atoms with Gasteiger partial charge in [0.2, 0.25) is 0 Å². The third-order valence-electron chi connectivity index (χ3n) is 3.21. The number of benzene rings is 2. The molecule has 1 N–H and O–H groups in total. The van der Waals surface area contributed by atoms with E-state index in [1.807, 2.05) is 0 Å². The largest absolute Gasteiger partial charge is 0.507 e. The fourth-order valence-electron chi connectivity index (χ4n) is 2.30. The topological polar surface area (TPSA) is 63.6 Å². The number of methoxy groups -OCH3 is 1. The fourth-order valence-corrected chi connectivity index (χ4v) is 2.30. The lowest BCUT2D eigenvalue weighted by Crippen LogP contribution is -2.20. The van der Waals surface area contributed by atoms with Gasteiger partial charge in [-0.25, -0.2) is 0 Å². The summed E-state index contributed by atoms with van der Waals surface area (Å²) < 4.78 is 5.01. The summed E-state index contributed by atoms with van der Waals surface area (Å²) in [6.45, 7) is 0. The van der Waals surface area contributed by atoms with Gasteiger partial charge in [0.15, 0.2) is 11.6 Å². The Bertz CT molecular complexity index is 716. The lowest BCUT2D eigenvalue weighted by atomic mass is 9.83. The molecule has 4 heteroatoms. The molecule has 19 heavy (non-hydrogen) atoms. The second-order valence-corrected chi connectivity index (χ2v) is 4.27. The summed E-state index contributed by atoms with van der Waals surface area (Å²) in [7, 11) is 1.43. The number of aromatic hydroxyl groups is 1. The van der Waals surface area contributed by atoms with Crippen LogP contribution in [0.2, 0.25) is 0 Å². The number of fused-ring (bicyclic) bond motifs is 2. The molecule has 0 bridgehead atoms. The van der Waals surface area contributed by atoms with Crippen LogP contribution in [0.25, 0.3) is 0 Å². The molecule has 0 fully saturated rings. The molecule has 0 heterocycles. The molecule has 1 aliphatic rings. The Morgan fingerprint density at radius 3 is 2.21 bits per heavy atom. The molecule has 2 aromatic carbocycles. The molecule has 0 spiro atoms. The second kappa shape index (κ2) is 3.95. The van der Waals surface area contributed by atoms with Crippen LogP contribution in [0.3, 0.4) is 0 Å². The number of phenolic OH excluding ortho intramolecular Hbond substituents is 1. The fraction of sp³-hybridized carbons (Fsp3) is 0.0667. The maximum atomic E-state index is 12.4. The number of rotatable bonds is 1. The van der Waals surface area contributed by atoms with E-state index in [9.17, 15) is 14.7 Å². The number of ketones is 2. The minimum absolute atomic E-state index is 0.0458. The van der Waals surface area contributed by atoms with E-state index < -0.39 is 0 Å². The molecular weight excluding hydrogens is 244 g/mol. The number of hydrogen-bond donors (Lipinski definition) is 1.